The van der Waals surface area contributed by atoms with E-state index >= 15 is 0 Å². The van der Waals surface area contributed by atoms with Crippen LogP contribution >= 0.6 is 23.6 Å². The second-order valence-corrected chi connectivity index (χ2v) is 9.07. The molecule has 5 rings (SSSR count). The fourth-order valence-electron chi connectivity index (χ4n) is 4.03. The first kappa shape index (κ1) is 22.2. The average Bonchev–Trinajstić information content (AvgIpc) is 3.54. The Kier molecular flexibility index (Phi) is 6.12. The summed E-state index contributed by atoms with van der Waals surface area (Å²) in [6, 6.07) is 17.6. The van der Waals surface area contributed by atoms with E-state index in [2.05, 4.69) is 15.5 Å². The molecule has 6 nitrogen and oxygen atoms in total. The number of allylic oxidation sites excluding steroid dienone is 1. The zero-order valence-corrected chi connectivity index (χ0v) is 20.1. The first-order valence-corrected chi connectivity index (χ1v) is 11.9. The zero-order chi connectivity index (χ0) is 23.7. The molecular weight excluding hydrogens is 471 g/mol. The maximum absolute atomic E-state index is 14.1. The summed E-state index contributed by atoms with van der Waals surface area (Å²) in [5, 5.41) is 10.0. The highest BCUT2D eigenvalue weighted by Gasteiger charge is 2.34. The number of ether oxygens (including phenoxy) is 1. The highest BCUT2D eigenvalue weighted by molar-refractivity contribution is 7.80. The standard InChI is InChI=1S/C25H21FN4O2S2/c1-15-21(24-28-23(29-32-24)20-11-6-12-34-20)22(16-8-5-9-18(26)13-16)27-25(33)30(15)14-17-7-3-4-10-19(17)31-2/h3-13,22H,14H2,1-2H3,(H,27,33). The lowest BCUT2D eigenvalue weighted by Gasteiger charge is -2.37. The van der Waals surface area contributed by atoms with Gasteiger partial charge in [-0.3, -0.25) is 0 Å². The smallest absolute Gasteiger partial charge is 0.258 e. The van der Waals surface area contributed by atoms with Crippen LogP contribution in [-0.2, 0) is 6.54 Å². The number of hydrogen-bond acceptors (Lipinski definition) is 6. The molecule has 172 valence electrons. The first-order valence-electron chi connectivity index (χ1n) is 10.6. The van der Waals surface area contributed by atoms with Crippen LogP contribution < -0.4 is 10.1 Å². The monoisotopic (exact) mass is 492 g/mol. The summed E-state index contributed by atoms with van der Waals surface area (Å²) in [6.45, 7) is 2.44. The van der Waals surface area contributed by atoms with Crippen LogP contribution in [0.3, 0.4) is 0 Å². The first-order chi connectivity index (χ1) is 16.5. The Morgan fingerprint density at radius 1 is 1.18 bits per heavy atom. The van der Waals surface area contributed by atoms with Gasteiger partial charge in [0.2, 0.25) is 5.82 Å². The van der Waals surface area contributed by atoms with Gasteiger partial charge in [-0.2, -0.15) is 4.98 Å². The molecule has 0 saturated heterocycles. The molecule has 0 bridgehead atoms. The molecule has 0 spiro atoms. The molecule has 0 fully saturated rings. The van der Waals surface area contributed by atoms with Crippen molar-refractivity contribution < 1.29 is 13.7 Å². The fourth-order valence-corrected chi connectivity index (χ4v) is 5.00. The van der Waals surface area contributed by atoms with Gasteiger partial charge in [0, 0.05) is 11.3 Å². The van der Waals surface area contributed by atoms with Gasteiger partial charge in [0.05, 0.1) is 30.1 Å². The van der Waals surface area contributed by atoms with E-state index in [1.54, 1.807) is 13.2 Å². The number of methoxy groups -OCH3 is 1. The lowest BCUT2D eigenvalue weighted by atomic mass is 9.94. The Morgan fingerprint density at radius 2 is 2.03 bits per heavy atom. The highest BCUT2D eigenvalue weighted by Crippen LogP contribution is 2.38. The van der Waals surface area contributed by atoms with Crippen molar-refractivity contribution in [2.45, 2.75) is 19.5 Å². The Hall–Kier alpha value is -3.56. The predicted molar refractivity (Wildman–Crippen MR) is 134 cm³/mol. The SMILES string of the molecule is COc1ccccc1CN1C(=S)NC(c2cccc(F)c2)C(c2nc(-c3cccs3)no2)=C1C. The van der Waals surface area contributed by atoms with E-state index in [-0.39, 0.29) is 5.82 Å². The normalized spacial score (nSPS) is 16.0. The number of para-hydroxylation sites is 1. The Balaban J connectivity index is 1.61. The summed E-state index contributed by atoms with van der Waals surface area (Å²) in [6.07, 6.45) is 0. The van der Waals surface area contributed by atoms with E-state index in [0.717, 1.165) is 27.5 Å². The Labute approximate surface area is 205 Å². The summed E-state index contributed by atoms with van der Waals surface area (Å²) >= 11 is 7.28. The molecule has 1 aliphatic rings. The van der Waals surface area contributed by atoms with Crippen molar-refractivity contribution in [2.24, 2.45) is 0 Å². The third-order valence-electron chi connectivity index (χ3n) is 5.70. The van der Waals surface area contributed by atoms with Gasteiger partial charge in [0.15, 0.2) is 5.11 Å². The summed E-state index contributed by atoms with van der Waals surface area (Å²) < 4.78 is 25.4. The number of nitrogens with zero attached hydrogens (tertiary/aromatic N) is 3. The average molecular weight is 493 g/mol. The van der Waals surface area contributed by atoms with Crippen LogP contribution in [0.1, 0.15) is 30.0 Å². The summed E-state index contributed by atoms with van der Waals surface area (Å²) in [4.78, 5) is 7.54. The molecule has 1 N–H and O–H groups in total. The molecule has 34 heavy (non-hydrogen) atoms. The fraction of sp³-hybridized carbons (Fsp3) is 0.160. The van der Waals surface area contributed by atoms with Crippen LogP contribution in [0, 0.1) is 5.82 Å². The van der Waals surface area contributed by atoms with E-state index in [9.17, 15) is 4.39 Å². The number of nitrogens with one attached hydrogen (secondary N) is 1. The molecule has 1 atom stereocenters. The van der Waals surface area contributed by atoms with Crippen molar-refractivity contribution in [1.82, 2.24) is 20.4 Å². The minimum absolute atomic E-state index is 0.330. The number of aromatic nitrogens is 2. The maximum Gasteiger partial charge on any atom is 0.258 e. The number of thiophene rings is 1. The van der Waals surface area contributed by atoms with Crippen LogP contribution in [0.15, 0.2) is 76.3 Å². The van der Waals surface area contributed by atoms with E-state index in [4.69, 9.17) is 21.5 Å². The predicted octanol–water partition coefficient (Wildman–Crippen LogP) is 5.81. The number of rotatable bonds is 6. The van der Waals surface area contributed by atoms with Gasteiger partial charge in [-0.25, -0.2) is 4.39 Å². The third kappa shape index (κ3) is 4.20. The lowest BCUT2D eigenvalue weighted by Crippen LogP contribution is -2.45. The summed E-state index contributed by atoms with van der Waals surface area (Å²) in [5.41, 5.74) is 3.26. The van der Waals surface area contributed by atoms with E-state index in [1.165, 1.54) is 23.5 Å². The highest BCUT2D eigenvalue weighted by atomic mass is 32.1. The van der Waals surface area contributed by atoms with Crippen LogP contribution in [-0.4, -0.2) is 27.3 Å². The van der Waals surface area contributed by atoms with Gasteiger partial charge in [-0.05, 0) is 54.4 Å². The van der Waals surface area contributed by atoms with Crippen molar-refractivity contribution in [3.05, 3.63) is 94.6 Å². The van der Waals surface area contributed by atoms with Crippen molar-refractivity contribution in [3.63, 3.8) is 0 Å². The molecule has 0 saturated carbocycles. The molecule has 3 heterocycles. The molecule has 1 aliphatic heterocycles. The topological polar surface area (TPSA) is 63.4 Å². The second kappa shape index (κ2) is 9.36. The molecule has 2 aromatic carbocycles. The number of thiocarbonyl (C=S) groups is 1. The minimum Gasteiger partial charge on any atom is -0.496 e. The van der Waals surface area contributed by atoms with E-state index in [0.29, 0.717) is 28.9 Å². The van der Waals surface area contributed by atoms with E-state index < -0.39 is 6.04 Å². The van der Waals surface area contributed by atoms with E-state index in [1.807, 2.05) is 59.7 Å². The number of hydrogen-bond donors (Lipinski definition) is 1. The van der Waals surface area contributed by atoms with Gasteiger partial charge in [0.25, 0.3) is 5.89 Å². The molecular formula is C25H21FN4O2S2. The minimum atomic E-state index is -0.450. The molecule has 1 unspecified atom stereocenters. The number of halogens is 1. The zero-order valence-electron chi connectivity index (χ0n) is 18.5. The van der Waals surface area contributed by atoms with Gasteiger partial charge >= 0.3 is 0 Å². The molecule has 4 aromatic rings. The van der Waals surface area contributed by atoms with Crippen LogP contribution in [0.2, 0.25) is 0 Å². The molecule has 2 aromatic heterocycles. The second-order valence-electron chi connectivity index (χ2n) is 7.74. The molecule has 9 heteroatoms. The lowest BCUT2D eigenvalue weighted by molar-refractivity contribution is 0.387. The van der Waals surface area contributed by atoms with Gasteiger partial charge in [0.1, 0.15) is 11.6 Å². The van der Waals surface area contributed by atoms with Gasteiger partial charge in [-0.1, -0.05) is 41.6 Å². The quantitative estimate of drug-likeness (QED) is 0.341. The van der Waals surface area contributed by atoms with Crippen LogP contribution in [0.4, 0.5) is 4.39 Å². The number of benzene rings is 2. The van der Waals surface area contributed by atoms with Gasteiger partial charge < -0.3 is 19.5 Å². The summed E-state index contributed by atoms with van der Waals surface area (Å²) in [7, 11) is 1.64. The van der Waals surface area contributed by atoms with Crippen molar-refractivity contribution in [2.75, 3.05) is 7.11 Å². The largest absolute Gasteiger partial charge is 0.496 e. The van der Waals surface area contributed by atoms with Crippen molar-refractivity contribution >= 4 is 34.2 Å². The Morgan fingerprint density at radius 3 is 2.79 bits per heavy atom. The molecule has 0 amide bonds. The Bertz CT molecular complexity index is 1370. The molecule has 0 radical (unpaired) electrons. The van der Waals surface area contributed by atoms with Crippen LogP contribution in [0.25, 0.3) is 16.3 Å². The summed E-state index contributed by atoms with van der Waals surface area (Å²) in [5.74, 6) is 1.30. The van der Waals surface area contributed by atoms with Crippen molar-refractivity contribution in [3.8, 4) is 16.5 Å². The van der Waals surface area contributed by atoms with Crippen LogP contribution in [0.5, 0.6) is 5.75 Å². The van der Waals surface area contributed by atoms with Crippen molar-refractivity contribution in [1.29, 1.82) is 0 Å². The third-order valence-corrected chi connectivity index (χ3v) is 6.90. The van der Waals surface area contributed by atoms with Gasteiger partial charge in [-0.15, -0.1) is 11.3 Å². The maximum atomic E-state index is 14.1. The molecule has 0 aliphatic carbocycles.